The van der Waals surface area contributed by atoms with E-state index in [9.17, 15) is 0 Å². The van der Waals surface area contributed by atoms with Crippen LogP contribution in [-0.2, 0) is 10.3 Å². The first-order chi connectivity index (χ1) is 7.63. The molecule has 0 aromatic heterocycles. The molecule has 16 heavy (non-hydrogen) atoms. The Bertz CT molecular complexity index is 336. The quantitative estimate of drug-likeness (QED) is 0.843. The fourth-order valence-corrected chi connectivity index (χ4v) is 2.20. The van der Waals surface area contributed by atoms with E-state index in [2.05, 4.69) is 43.4 Å². The minimum atomic E-state index is -0.193. The molecule has 1 saturated heterocycles. The highest BCUT2D eigenvalue weighted by Gasteiger charge is 2.20. The molecule has 88 valence electrons. The molecule has 0 bridgehead atoms. The standard InChI is InChI=1S/C14H21NO/c1-14(2,16-3)12-8-6-11(7-9-12)13-5-4-10-15-13/h6-9,13,15H,4-5,10H2,1-3H3. The van der Waals surface area contributed by atoms with Crippen molar-refractivity contribution >= 4 is 0 Å². The van der Waals surface area contributed by atoms with Crippen molar-refractivity contribution in [2.24, 2.45) is 0 Å². The summed E-state index contributed by atoms with van der Waals surface area (Å²) in [6, 6.07) is 9.36. The zero-order chi connectivity index (χ0) is 11.6. The number of methoxy groups -OCH3 is 1. The predicted molar refractivity (Wildman–Crippen MR) is 66.5 cm³/mol. The van der Waals surface area contributed by atoms with Gasteiger partial charge < -0.3 is 10.1 Å². The summed E-state index contributed by atoms with van der Waals surface area (Å²) in [5.74, 6) is 0. The molecule has 0 aliphatic carbocycles. The average Bonchev–Trinajstić information content (AvgIpc) is 2.83. The lowest BCUT2D eigenvalue weighted by molar-refractivity contribution is 0.0192. The second-order valence-electron chi connectivity index (χ2n) is 4.99. The van der Waals surface area contributed by atoms with Gasteiger partial charge in [0, 0.05) is 13.2 Å². The summed E-state index contributed by atoms with van der Waals surface area (Å²) in [5, 5.41) is 3.51. The van der Waals surface area contributed by atoms with Crippen LogP contribution in [0.3, 0.4) is 0 Å². The molecular weight excluding hydrogens is 198 g/mol. The zero-order valence-corrected chi connectivity index (χ0v) is 10.4. The van der Waals surface area contributed by atoms with Crippen LogP contribution in [0.4, 0.5) is 0 Å². The first kappa shape index (κ1) is 11.6. The Morgan fingerprint density at radius 3 is 2.44 bits per heavy atom. The highest BCUT2D eigenvalue weighted by atomic mass is 16.5. The van der Waals surface area contributed by atoms with Gasteiger partial charge in [0.15, 0.2) is 0 Å². The fraction of sp³-hybridized carbons (Fsp3) is 0.571. The Balaban J connectivity index is 2.15. The Labute approximate surface area is 98.0 Å². The fourth-order valence-electron chi connectivity index (χ4n) is 2.20. The lowest BCUT2D eigenvalue weighted by Crippen LogP contribution is -2.19. The number of rotatable bonds is 3. The minimum absolute atomic E-state index is 0.193. The van der Waals surface area contributed by atoms with Crippen LogP contribution in [-0.4, -0.2) is 13.7 Å². The van der Waals surface area contributed by atoms with Crippen molar-refractivity contribution in [3.05, 3.63) is 35.4 Å². The summed E-state index contributed by atoms with van der Waals surface area (Å²) in [5.41, 5.74) is 2.44. The van der Waals surface area contributed by atoms with Gasteiger partial charge in [-0.1, -0.05) is 24.3 Å². The monoisotopic (exact) mass is 219 g/mol. The molecule has 2 heteroatoms. The second kappa shape index (κ2) is 4.56. The predicted octanol–water partition coefficient (Wildman–Crippen LogP) is 2.99. The SMILES string of the molecule is COC(C)(C)c1ccc(C2CCCN2)cc1. The van der Waals surface area contributed by atoms with E-state index in [0.29, 0.717) is 6.04 Å². The molecule has 1 atom stereocenters. The van der Waals surface area contributed by atoms with Crippen molar-refractivity contribution < 1.29 is 4.74 Å². The van der Waals surface area contributed by atoms with E-state index in [0.717, 1.165) is 6.54 Å². The topological polar surface area (TPSA) is 21.3 Å². The van der Waals surface area contributed by atoms with Gasteiger partial charge >= 0.3 is 0 Å². The van der Waals surface area contributed by atoms with Crippen LogP contribution in [0.1, 0.15) is 43.9 Å². The van der Waals surface area contributed by atoms with Crippen LogP contribution in [0.25, 0.3) is 0 Å². The largest absolute Gasteiger partial charge is 0.374 e. The van der Waals surface area contributed by atoms with E-state index < -0.39 is 0 Å². The highest BCUT2D eigenvalue weighted by molar-refractivity contribution is 5.28. The van der Waals surface area contributed by atoms with Crippen LogP contribution < -0.4 is 5.32 Å². The Hall–Kier alpha value is -0.860. The molecule has 0 spiro atoms. The van der Waals surface area contributed by atoms with E-state index in [1.54, 1.807) is 7.11 Å². The van der Waals surface area contributed by atoms with Gasteiger partial charge in [-0.3, -0.25) is 0 Å². The maximum Gasteiger partial charge on any atom is 0.0871 e. The van der Waals surface area contributed by atoms with Gasteiger partial charge in [0.25, 0.3) is 0 Å². The normalized spacial score (nSPS) is 21.3. The minimum Gasteiger partial charge on any atom is -0.374 e. The summed E-state index contributed by atoms with van der Waals surface area (Å²) in [6.07, 6.45) is 2.54. The Kier molecular flexibility index (Phi) is 3.31. The number of benzene rings is 1. The van der Waals surface area contributed by atoms with Crippen molar-refractivity contribution in [3.8, 4) is 0 Å². The van der Waals surface area contributed by atoms with Crippen LogP contribution in [0, 0.1) is 0 Å². The lowest BCUT2D eigenvalue weighted by Gasteiger charge is -2.24. The van der Waals surface area contributed by atoms with E-state index in [-0.39, 0.29) is 5.60 Å². The molecule has 1 heterocycles. The summed E-state index contributed by atoms with van der Waals surface area (Å²) in [6.45, 7) is 5.33. The molecule has 0 radical (unpaired) electrons. The summed E-state index contributed by atoms with van der Waals surface area (Å²) in [7, 11) is 1.76. The van der Waals surface area contributed by atoms with Gasteiger partial charge in [-0.2, -0.15) is 0 Å². The van der Waals surface area contributed by atoms with E-state index in [1.165, 1.54) is 24.0 Å². The summed E-state index contributed by atoms with van der Waals surface area (Å²) < 4.78 is 5.47. The van der Waals surface area contributed by atoms with E-state index in [1.807, 2.05) is 0 Å². The first-order valence-corrected chi connectivity index (χ1v) is 6.02. The van der Waals surface area contributed by atoms with Crippen molar-refractivity contribution in [1.82, 2.24) is 5.32 Å². The summed E-state index contributed by atoms with van der Waals surface area (Å²) >= 11 is 0. The molecule has 1 aliphatic rings. The third kappa shape index (κ3) is 2.28. The molecule has 0 saturated carbocycles. The zero-order valence-electron chi connectivity index (χ0n) is 10.4. The van der Waals surface area contributed by atoms with Crippen LogP contribution in [0.2, 0.25) is 0 Å². The van der Waals surface area contributed by atoms with E-state index >= 15 is 0 Å². The van der Waals surface area contributed by atoms with Crippen LogP contribution in [0.15, 0.2) is 24.3 Å². The van der Waals surface area contributed by atoms with E-state index in [4.69, 9.17) is 4.74 Å². The van der Waals surface area contributed by atoms with Crippen molar-refractivity contribution in [1.29, 1.82) is 0 Å². The van der Waals surface area contributed by atoms with Gasteiger partial charge in [-0.25, -0.2) is 0 Å². The van der Waals surface area contributed by atoms with Crippen LogP contribution in [0.5, 0.6) is 0 Å². The van der Waals surface area contributed by atoms with Gasteiger partial charge in [-0.15, -0.1) is 0 Å². The summed E-state index contributed by atoms with van der Waals surface area (Å²) in [4.78, 5) is 0. The van der Waals surface area contributed by atoms with Crippen LogP contribution >= 0.6 is 0 Å². The third-order valence-electron chi connectivity index (χ3n) is 3.58. The lowest BCUT2D eigenvalue weighted by atomic mass is 9.95. The molecule has 1 unspecified atom stereocenters. The first-order valence-electron chi connectivity index (χ1n) is 6.02. The maximum absolute atomic E-state index is 5.47. The van der Waals surface area contributed by atoms with Crippen molar-refractivity contribution in [2.75, 3.05) is 13.7 Å². The van der Waals surface area contributed by atoms with Crippen molar-refractivity contribution in [3.63, 3.8) is 0 Å². The Morgan fingerprint density at radius 2 is 1.94 bits per heavy atom. The number of ether oxygens (including phenoxy) is 1. The van der Waals surface area contributed by atoms with Gasteiger partial charge in [-0.05, 0) is 44.4 Å². The maximum atomic E-state index is 5.47. The number of hydrogen-bond acceptors (Lipinski definition) is 2. The molecule has 1 aromatic rings. The number of nitrogens with one attached hydrogen (secondary N) is 1. The Morgan fingerprint density at radius 1 is 1.25 bits per heavy atom. The molecular formula is C14H21NO. The van der Waals surface area contributed by atoms with Gasteiger partial charge in [0.05, 0.1) is 5.60 Å². The molecule has 1 aliphatic heterocycles. The average molecular weight is 219 g/mol. The molecule has 0 amide bonds. The smallest absolute Gasteiger partial charge is 0.0871 e. The highest BCUT2D eigenvalue weighted by Crippen LogP contribution is 2.27. The molecule has 2 rings (SSSR count). The molecule has 1 N–H and O–H groups in total. The molecule has 2 nitrogen and oxygen atoms in total. The second-order valence-corrected chi connectivity index (χ2v) is 4.99. The molecule has 1 aromatic carbocycles. The number of hydrogen-bond donors (Lipinski definition) is 1. The van der Waals surface area contributed by atoms with Gasteiger partial charge in [0.1, 0.15) is 0 Å². The molecule has 1 fully saturated rings. The van der Waals surface area contributed by atoms with Crippen molar-refractivity contribution in [2.45, 2.75) is 38.3 Å². The third-order valence-corrected chi connectivity index (χ3v) is 3.58. The van der Waals surface area contributed by atoms with Gasteiger partial charge in [0.2, 0.25) is 0 Å².